The van der Waals surface area contributed by atoms with Crippen LogP contribution in [0, 0.1) is 5.92 Å². The molecule has 0 bridgehead atoms. The van der Waals surface area contributed by atoms with Crippen molar-refractivity contribution in [3.05, 3.63) is 27.7 Å². The summed E-state index contributed by atoms with van der Waals surface area (Å²) in [6, 6.07) is 3.44. The van der Waals surface area contributed by atoms with E-state index in [9.17, 15) is 5.11 Å². The van der Waals surface area contributed by atoms with E-state index in [1.807, 2.05) is 6.07 Å². The maximum Gasteiger partial charge on any atom is 0.137 e. The van der Waals surface area contributed by atoms with Gasteiger partial charge in [0, 0.05) is 5.02 Å². The Bertz CT molecular complexity index is 421. The van der Waals surface area contributed by atoms with Crippen LogP contribution in [-0.2, 0) is 6.42 Å². The molecule has 0 atom stereocenters. The van der Waals surface area contributed by atoms with Gasteiger partial charge in [-0.25, -0.2) is 0 Å². The van der Waals surface area contributed by atoms with E-state index >= 15 is 0 Å². The van der Waals surface area contributed by atoms with Gasteiger partial charge in [0.25, 0.3) is 0 Å². The average molecular weight is 315 g/mol. The lowest BCUT2D eigenvalue weighted by molar-refractivity contribution is 0.396. The summed E-state index contributed by atoms with van der Waals surface area (Å²) in [5, 5.41) is 11.0. The molecule has 1 aliphatic carbocycles. The van der Waals surface area contributed by atoms with Crippen LogP contribution in [0.2, 0.25) is 10.0 Å². The maximum atomic E-state index is 10.0. The molecule has 3 heteroatoms. The van der Waals surface area contributed by atoms with Crippen LogP contribution in [0.1, 0.15) is 63.4 Å². The normalized spacial score (nSPS) is 18.3. The third-order valence-electron chi connectivity index (χ3n) is 4.40. The van der Waals surface area contributed by atoms with Crippen molar-refractivity contribution in [2.24, 2.45) is 5.92 Å². The molecule has 112 valence electrons. The molecule has 0 aliphatic heterocycles. The summed E-state index contributed by atoms with van der Waals surface area (Å²) in [5.41, 5.74) is 0.891. The first-order chi connectivity index (χ1) is 9.66. The number of phenols is 1. The predicted molar refractivity (Wildman–Crippen MR) is 86.9 cm³/mol. The van der Waals surface area contributed by atoms with Crippen LogP contribution in [0.15, 0.2) is 12.1 Å². The third kappa shape index (κ3) is 4.86. The highest BCUT2D eigenvalue weighted by atomic mass is 35.5. The van der Waals surface area contributed by atoms with Crippen LogP contribution in [0.25, 0.3) is 0 Å². The van der Waals surface area contributed by atoms with Gasteiger partial charge in [-0.2, -0.15) is 0 Å². The Morgan fingerprint density at radius 3 is 2.20 bits per heavy atom. The summed E-state index contributed by atoms with van der Waals surface area (Å²) in [7, 11) is 0. The minimum absolute atomic E-state index is 0.208. The molecular formula is C17H24Cl2O. The molecule has 2 rings (SSSR count). The molecular weight excluding hydrogens is 291 g/mol. The zero-order chi connectivity index (χ0) is 14.4. The fourth-order valence-electron chi connectivity index (χ4n) is 3.18. The van der Waals surface area contributed by atoms with Gasteiger partial charge in [0.05, 0.1) is 5.02 Å². The summed E-state index contributed by atoms with van der Waals surface area (Å²) in [4.78, 5) is 0. The summed E-state index contributed by atoms with van der Waals surface area (Å²) < 4.78 is 0. The van der Waals surface area contributed by atoms with E-state index in [4.69, 9.17) is 23.2 Å². The van der Waals surface area contributed by atoms with Gasteiger partial charge in [0.1, 0.15) is 5.75 Å². The lowest BCUT2D eigenvalue weighted by Gasteiger charge is -2.16. The Hall–Kier alpha value is -0.400. The maximum absolute atomic E-state index is 10.0. The number of rotatable bonds is 3. The summed E-state index contributed by atoms with van der Waals surface area (Å²) in [6.07, 6.45) is 12.9. The van der Waals surface area contributed by atoms with Crippen LogP contribution in [0.5, 0.6) is 5.75 Å². The second-order valence-corrected chi connectivity index (χ2v) is 6.84. The molecule has 1 aromatic rings. The fraction of sp³-hybridized carbons (Fsp3) is 0.647. The zero-order valence-electron chi connectivity index (χ0n) is 12.0. The Kier molecular flexibility index (Phi) is 6.51. The van der Waals surface area contributed by atoms with E-state index in [0.29, 0.717) is 10.0 Å². The molecule has 0 amide bonds. The first-order valence-electron chi connectivity index (χ1n) is 7.83. The molecule has 0 heterocycles. The summed E-state index contributed by atoms with van der Waals surface area (Å²) >= 11 is 12.0. The molecule has 0 spiro atoms. The molecule has 0 saturated heterocycles. The highest BCUT2D eigenvalue weighted by Crippen LogP contribution is 2.33. The standard InChI is InChI=1S/C17H24Cl2O/c18-15-11-14(17(20)16(19)12-15)10-9-13-7-5-3-1-2-4-6-8-13/h11-13,20H,1-10H2. The van der Waals surface area contributed by atoms with Crippen molar-refractivity contribution in [3.8, 4) is 5.75 Å². The first-order valence-corrected chi connectivity index (χ1v) is 8.59. The Labute approximate surface area is 132 Å². The van der Waals surface area contributed by atoms with Gasteiger partial charge < -0.3 is 5.11 Å². The molecule has 1 fully saturated rings. The molecule has 20 heavy (non-hydrogen) atoms. The van der Waals surface area contributed by atoms with Crippen molar-refractivity contribution in [3.63, 3.8) is 0 Å². The Balaban J connectivity index is 1.93. The quantitative estimate of drug-likeness (QED) is 0.686. The van der Waals surface area contributed by atoms with Crippen molar-refractivity contribution >= 4 is 23.2 Å². The van der Waals surface area contributed by atoms with Crippen LogP contribution in [0.3, 0.4) is 0 Å². The summed E-state index contributed by atoms with van der Waals surface area (Å²) in [5.74, 6) is 0.990. The number of benzene rings is 1. The van der Waals surface area contributed by atoms with Crippen LogP contribution in [0.4, 0.5) is 0 Å². The van der Waals surface area contributed by atoms with Crippen LogP contribution in [-0.4, -0.2) is 5.11 Å². The molecule has 0 aromatic heterocycles. The van der Waals surface area contributed by atoms with Crippen molar-refractivity contribution in [1.82, 2.24) is 0 Å². The van der Waals surface area contributed by atoms with E-state index in [1.165, 1.54) is 51.4 Å². The molecule has 1 aliphatic rings. The lowest BCUT2D eigenvalue weighted by Crippen LogP contribution is -2.03. The highest BCUT2D eigenvalue weighted by Gasteiger charge is 2.13. The largest absolute Gasteiger partial charge is 0.506 e. The lowest BCUT2D eigenvalue weighted by atomic mass is 9.90. The molecule has 1 nitrogen and oxygen atoms in total. The zero-order valence-corrected chi connectivity index (χ0v) is 13.5. The number of aryl methyl sites for hydroxylation is 1. The van der Waals surface area contributed by atoms with Gasteiger partial charge >= 0.3 is 0 Å². The van der Waals surface area contributed by atoms with Gasteiger partial charge in [0.2, 0.25) is 0 Å². The van der Waals surface area contributed by atoms with Crippen molar-refractivity contribution in [1.29, 1.82) is 0 Å². The average Bonchev–Trinajstić information content (AvgIpc) is 2.55. The minimum atomic E-state index is 0.208. The monoisotopic (exact) mass is 314 g/mol. The topological polar surface area (TPSA) is 20.2 Å². The van der Waals surface area contributed by atoms with E-state index < -0.39 is 0 Å². The summed E-state index contributed by atoms with van der Waals surface area (Å²) in [6.45, 7) is 0. The number of phenolic OH excluding ortho intramolecular Hbond substituents is 1. The van der Waals surface area contributed by atoms with Crippen LogP contribution < -0.4 is 0 Å². The highest BCUT2D eigenvalue weighted by molar-refractivity contribution is 6.35. The van der Waals surface area contributed by atoms with E-state index in [1.54, 1.807) is 6.07 Å². The first kappa shape index (κ1) is 16.0. The predicted octanol–water partition coefficient (Wildman–Crippen LogP) is 6.38. The van der Waals surface area contributed by atoms with E-state index in [2.05, 4.69) is 0 Å². The third-order valence-corrected chi connectivity index (χ3v) is 4.91. The number of halogens is 2. The molecule has 1 N–H and O–H groups in total. The smallest absolute Gasteiger partial charge is 0.137 e. The van der Waals surface area contributed by atoms with Gasteiger partial charge in [-0.1, -0.05) is 74.6 Å². The second-order valence-electron chi connectivity index (χ2n) is 6.00. The van der Waals surface area contributed by atoms with E-state index in [0.717, 1.165) is 24.3 Å². The van der Waals surface area contributed by atoms with Gasteiger partial charge in [-0.3, -0.25) is 0 Å². The SMILES string of the molecule is Oc1c(Cl)cc(Cl)cc1CCC1CCCCCCCC1. The van der Waals surface area contributed by atoms with E-state index in [-0.39, 0.29) is 5.75 Å². The fourth-order valence-corrected chi connectivity index (χ4v) is 3.71. The second kappa shape index (κ2) is 8.14. The van der Waals surface area contributed by atoms with Crippen molar-refractivity contribution < 1.29 is 5.11 Å². The van der Waals surface area contributed by atoms with Gasteiger partial charge in [-0.05, 0) is 36.5 Å². The Morgan fingerprint density at radius 2 is 1.55 bits per heavy atom. The van der Waals surface area contributed by atoms with Crippen molar-refractivity contribution in [2.45, 2.75) is 64.2 Å². The number of aromatic hydroxyl groups is 1. The van der Waals surface area contributed by atoms with Crippen LogP contribution >= 0.6 is 23.2 Å². The molecule has 0 radical (unpaired) electrons. The van der Waals surface area contributed by atoms with Crippen molar-refractivity contribution in [2.75, 3.05) is 0 Å². The molecule has 1 aromatic carbocycles. The number of hydrogen-bond acceptors (Lipinski definition) is 1. The minimum Gasteiger partial charge on any atom is -0.506 e. The number of hydrogen-bond donors (Lipinski definition) is 1. The molecule has 0 unspecified atom stereocenters. The Morgan fingerprint density at radius 1 is 0.950 bits per heavy atom. The van der Waals surface area contributed by atoms with Gasteiger partial charge in [0.15, 0.2) is 0 Å². The molecule has 1 saturated carbocycles. The van der Waals surface area contributed by atoms with Gasteiger partial charge in [-0.15, -0.1) is 0 Å².